The molecule has 3 nitrogen and oxygen atoms in total. The van der Waals surface area contributed by atoms with Crippen molar-refractivity contribution in [1.82, 2.24) is 0 Å². The highest BCUT2D eigenvalue weighted by molar-refractivity contribution is 7.99. The van der Waals surface area contributed by atoms with Crippen molar-refractivity contribution in [3.05, 3.63) is 23.8 Å². The highest BCUT2D eigenvalue weighted by Gasteiger charge is 2.13. The van der Waals surface area contributed by atoms with Gasteiger partial charge >= 0.3 is 0 Å². The molecule has 1 N–H and O–H groups in total. The maximum atomic E-state index is 9.80. The number of methoxy groups -OCH3 is 2. The van der Waals surface area contributed by atoms with Crippen molar-refractivity contribution >= 4 is 11.8 Å². The van der Waals surface area contributed by atoms with E-state index in [0.717, 1.165) is 35.0 Å². The van der Waals surface area contributed by atoms with E-state index in [4.69, 9.17) is 9.47 Å². The molecule has 1 aromatic rings. The summed E-state index contributed by atoms with van der Waals surface area (Å²) in [6.45, 7) is 2.53. The maximum absolute atomic E-state index is 9.80. The Balaban J connectivity index is 2.76. The highest BCUT2D eigenvalue weighted by atomic mass is 32.2. The van der Waals surface area contributed by atoms with E-state index in [-0.39, 0.29) is 0 Å². The second kappa shape index (κ2) is 7.58. The van der Waals surface area contributed by atoms with E-state index in [2.05, 4.69) is 0 Å². The van der Waals surface area contributed by atoms with E-state index >= 15 is 0 Å². The molecule has 0 fully saturated rings. The fraction of sp³-hybridized carbons (Fsp3) is 0.538. The molecule has 96 valence electrons. The zero-order valence-electron chi connectivity index (χ0n) is 10.6. The summed E-state index contributed by atoms with van der Waals surface area (Å²) < 4.78 is 10.3. The molecule has 0 saturated carbocycles. The Morgan fingerprint density at radius 1 is 1.35 bits per heavy atom. The van der Waals surface area contributed by atoms with Crippen molar-refractivity contribution in [2.75, 3.05) is 26.6 Å². The van der Waals surface area contributed by atoms with E-state index in [1.807, 2.05) is 18.2 Å². The molecule has 0 spiro atoms. The lowest BCUT2D eigenvalue weighted by Gasteiger charge is -2.15. The SMILES string of the molecule is COCCCSc1cccc(OC)c1C(C)O. The van der Waals surface area contributed by atoms with Crippen LogP contribution in [0.2, 0.25) is 0 Å². The summed E-state index contributed by atoms with van der Waals surface area (Å²) in [5.41, 5.74) is 0.873. The molecule has 0 saturated heterocycles. The third-order valence-corrected chi connectivity index (χ3v) is 3.57. The van der Waals surface area contributed by atoms with Crippen LogP contribution in [-0.2, 0) is 4.74 Å². The van der Waals surface area contributed by atoms with E-state index in [9.17, 15) is 5.11 Å². The van der Waals surface area contributed by atoms with Gasteiger partial charge in [0.25, 0.3) is 0 Å². The van der Waals surface area contributed by atoms with E-state index in [1.54, 1.807) is 32.9 Å². The van der Waals surface area contributed by atoms with E-state index < -0.39 is 6.10 Å². The molecule has 1 atom stereocenters. The number of thioether (sulfide) groups is 1. The predicted octanol–water partition coefficient (Wildman–Crippen LogP) is 2.88. The summed E-state index contributed by atoms with van der Waals surface area (Å²) in [6.07, 6.45) is 0.480. The molecule has 0 heterocycles. The fourth-order valence-electron chi connectivity index (χ4n) is 1.62. The Morgan fingerprint density at radius 3 is 2.71 bits per heavy atom. The molecule has 4 heteroatoms. The average molecular weight is 256 g/mol. The topological polar surface area (TPSA) is 38.7 Å². The average Bonchev–Trinajstić information content (AvgIpc) is 2.33. The largest absolute Gasteiger partial charge is 0.496 e. The van der Waals surface area contributed by atoms with Gasteiger partial charge in [-0.2, -0.15) is 0 Å². The number of benzene rings is 1. The summed E-state index contributed by atoms with van der Waals surface area (Å²) >= 11 is 1.72. The predicted molar refractivity (Wildman–Crippen MR) is 70.8 cm³/mol. The summed E-state index contributed by atoms with van der Waals surface area (Å²) in [7, 11) is 3.33. The van der Waals surface area contributed by atoms with Crippen LogP contribution >= 0.6 is 11.8 Å². The quantitative estimate of drug-likeness (QED) is 0.601. The van der Waals surface area contributed by atoms with Gasteiger partial charge in [-0.05, 0) is 25.5 Å². The van der Waals surface area contributed by atoms with Crippen LogP contribution in [0.15, 0.2) is 23.1 Å². The van der Waals surface area contributed by atoms with Crippen LogP contribution < -0.4 is 4.74 Å². The van der Waals surface area contributed by atoms with Crippen LogP contribution in [0.25, 0.3) is 0 Å². The van der Waals surface area contributed by atoms with Crippen LogP contribution in [0.4, 0.5) is 0 Å². The van der Waals surface area contributed by atoms with Gasteiger partial charge in [0.1, 0.15) is 5.75 Å². The Kier molecular flexibility index (Phi) is 6.40. The van der Waals surface area contributed by atoms with Crippen LogP contribution in [-0.4, -0.2) is 31.7 Å². The fourth-order valence-corrected chi connectivity index (χ4v) is 2.71. The van der Waals surface area contributed by atoms with Crippen molar-refractivity contribution in [2.24, 2.45) is 0 Å². The van der Waals surface area contributed by atoms with Gasteiger partial charge in [-0.15, -0.1) is 11.8 Å². The smallest absolute Gasteiger partial charge is 0.125 e. The first kappa shape index (κ1) is 14.4. The summed E-state index contributed by atoms with van der Waals surface area (Å²) in [5.74, 6) is 1.72. The first-order chi connectivity index (χ1) is 8.20. The molecule has 0 aromatic heterocycles. The molecule has 1 unspecified atom stereocenters. The number of hydrogen-bond acceptors (Lipinski definition) is 4. The minimum absolute atomic E-state index is 0.518. The number of hydrogen-bond donors (Lipinski definition) is 1. The molecular weight excluding hydrogens is 236 g/mol. The lowest BCUT2D eigenvalue weighted by atomic mass is 10.1. The van der Waals surface area contributed by atoms with Gasteiger partial charge in [-0.1, -0.05) is 6.07 Å². The van der Waals surface area contributed by atoms with Crippen LogP contribution in [0, 0.1) is 0 Å². The summed E-state index contributed by atoms with van der Waals surface area (Å²) in [4.78, 5) is 1.08. The van der Waals surface area contributed by atoms with Gasteiger partial charge < -0.3 is 14.6 Å². The second-order valence-corrected chi connectivity index (χ2v) is 4.88. The third kappa shape index (κ3) is 4.22. The third-order valence-electron chi connectivity index (χ3n) is 2.41. The number of rotatable bonds is 7. The Labute approximate surface area is 107 Å². The summed E-state index contributed by atoms with van der Waals surface area (Å²) in [5, 5.41) is 9.80. The summed E-state index contributed by atoms with van der Waals surface area (Å²) in [6, 6.07) is 5.84. The minimum atomic E-state index is -0.518. The molecular formula is C13H20O3S. The number of aliphatic hydroxyl groups is 1. The highest BCUT2D eigenvalue weighted by Crippen LogP contribution is 2.34. The van der Waals surface area contributed by atoms with Crippen molar-refractivity contribution in [2.45, 2.75) is 24.3 Å². The number of aliphatic hydroxyl groups excluding tert-OH is 1. The standard InChI is InChI=1S/C13H20O3S/c1-10(14)13-11(16-3)6-4-7-12(13)17-9-5-8-15-2/h4,6-7,10,14H,5,8-9H2,1-3H3. The molecule has 0 radical (unpaired) electrons. The zero-order valence-corrected chi connectivity index (χ0v) is 11.4. The first-order valence-corrected chi connectivity index (χ1v) is 6.66. The van der Waals surface area contributed by atoms with Crippen LogP contribution in [0.3, 0.4) is 0 Å². The second-order valence-electron chi connectivity index (χ2n) is 3.74. The maximum Gasteiger partial charge on any atom is 0.125 e. The van der Waals surface area contributed by atoms with Gasteiger partial charge in [0, 0.05) is 29.9 Å². The monoisotopic (exact) mass is 256 g/mol. The van der Waals surface area contributed by atoms with Gasteiger partial charge in [0.2, 0.25) is 0 Å². The molecule has 0 aliphatic carbocycles. The van der Waals surface area contributed by atoms with Gasteiger partial charge in [0.05, 0.1) is 13.2 Å². The van der Waals surface area contributed by atoms with Crippen LogP contribution in [0.1, 0.15) is 25.0 Å². The Hall–Kier alpha value is -0.710. The van der Waals surface area contributed by atoms with Crippen LogP contribution in [0.5, 0.6) is 5.75 Å². The minimum Gasteiger partial charge on any atom is -0.496 e. The van der Waals surface area contributed by atoms with Crippen molar-refractivity contribution < 1.29 is 14.6 Å². The lowest BCUT2D eigenvalue weighted by molar-refractivity contribution is 0.191. The van der Waals surface area contributed by atoms with Crippen molar-refractivity contribution in [3.63, 3.8) is 0 Å². The first-order valence-electron chi connectivity index (χ1n) is 5.67. The molecule has 0 aliphatic heterocycles. The van der Waals surface area contributed by atoms with E-state index in [0.29, 0.717) is 0 Å². The van der Waals surface area contributed by atoms with Gasteiger partial charge in [-0.3, -0.25) is 0 Å². The van der Waals surface area contributed by atoms with E-state index in [1.165, 1.54) is 0 Å². The molecule has 17 heavy (non-hydrogen) atoms. The Bertz CT molecular complexity index is 339. The zero-order chi connectivity index (χ0) is 12.7. The van der Waals surface area contributed by atoms with Crippen molar-refractivity contribution in [3.8, 4) is 5.75 Å². The normalized spacial score (nSPS) is 12.5. The van der Waals surface area contributed by atoms with Gasteiger partial charge in [0.15, 0.2) is 0 Å². The molecule has 1 rings (SSSR count). The number of ether oxygens (including phenoxy) is 2. The van der Waals surface area contributed by atoms with Gasteiger partial charge in [-0.25, -0.2) is 0 Å². The molecule has 0 bridgehead atoms. The molecule has 0 amide bonds. The van der Waals surface area contributed by atoms with Crippen molar-refractivity contribution in [1.29, 1.82) is 0 Å². The molecule has 1 aromatic carbocycles. The lowest BCUT2D eigenvalue weighted by Crippen LogP contribution is -1.99. The molecule has 0 aliphatic rings. The Morgan fingerprint density at radius 2 is 2.12 bits per heavy atom.